The van der Waals surface area contributed by atoms with Crippen molar-refractivity contribution < 1.29 is 9.32 Å². The quantitative estimate of drug-likeness (QED) is 0.752. The van der Waals surface area contributed by atoms with Crippen LogP contribution in [0.1, 0.15) is 70.2 Å². The van der Waals surface area contributed by atoms with Crippen LogP contribution in [0.2, 0.25) is 0 Å². The summed E-state index contributed by atoms with van der Waals surface area (Å²) in [5, 5.41) is 7.84. The molecule has 0 radical (unpaired) electrons. The molecule has 134 valence electrons. The highest BCUT2D eigenvalue weighted by molar-refractivity contribution is 6.06. The Balaban J connectivity index is 1.68. The van der Waals surface area contributed by atoms with Gasteiger partial charge in [-0.3, -0.25) is 4.79 Å². The molecule has 1 atom stereocenters. The smallest absolute Gasteiger partial charge is 0.259 e. The first kappa shape index (κ1) is 16.8. The minimum atomic E-state index is -0.113. The van der Waals surface area contributed by atoms with Crippen molar-refractivity contribution in [3.05, 3.63) is 57.9 Å². The standard InChI is InChI=1S/C21H23N3O2/c1-11-5-8-16(12(2)9-11)13(3)22-20(25)17-10-18(15-6-7-15)23-21-19(17)14(4)24-26-21/h5,8-10,13,15H,6-7H2,1-4H3,(H,22,25). The Morgan fingerprint density at radius 2 is 2.00 bits per heavy atom. The molecule has 2 aromatic heterocycles. The Morgan fingerprint density at radius 1 is 1.23 bits per heavy atom. The predicted molar refractivity (Wildman–Crippen MR) is 100 cm³/mol. The third kappa shape index (κ3) is 2.98. The summed E-state index contributed by atoms with van der Waals surface area (Å²) in [6.07, 6.45) is 2.23. The molecule has 0 bridgehead atoms. The van der Waals surface area contributed by atoms with Gasteiger partial charge < -0.3 is 9.84 Å². The number of nitrogens with one attached hydrogen (secondary N) is 1. The van der Waals surface area contributed by atoms with Gasteiger partial charge in [0.1, 0.15) is 0 Å². The number of aromatic nitrogens is 2. The summed E-state index contributed by atoms with van der Waals surface area (Å²) in [5.41, 5.74) is 6.20. The molecule has 0 spiro atoms. The lowest BCUT2D eigenvalue weighted by Gasteiger charge is -2.17. The van der Waals surface area contributed by atoms with Crippen LogP contribution in [0.3, 0.4) is 0 Å². The van der Waals surface area contributed by atoms with E-state index >= 15 is 0 Å². The van der Waals surface area contributed by atoms with Crippen molar-refractivity contribution in [3.8, 4) is 0 Å². The number of fused-ring (bicyclic) bond motifs is 1. The number of benzene rings is 1. The van der Waals surface area contributed by atoms with E-state index in [1.54, 1.807) is 0 Å². The lowest BCUT2D eigenvalue weighted by molar-refractivity contribution is 0.0941. The van der Waals surface area contributed by atoms with Crippen LogP contribution in [0, 0.1) is 20.8 Å². The summed E-state index contributed by atoms with van der Waals surface area (Å²) >= 11 is 0. The first-order valence-electron chi connectivity index (χ1n) is 9.09. The van der Waals surface area contributed by atoms with E-state index in [4.69, 9.17) is 4.52 Å². The van der Waals surface area contributed by atoms with Gasteiger partial charge in [-0.05, 0) is 57.7 Å². The predicted octanol–water partition coefficient (Wildman–Crippen LogP) is 4.52. The van der Waals surface area contributed by atoms with Gasteiger partial charge in [-0.1, -0.05) is 28.9 Å². The Hall–Kier alpha value is -2.69. The molecule has 1 saturated carbocycles. The van der Waals surface area contributed by atoms with Crippen molar-refractivity contribution >= 4 is 17.0 Å². The average molecular weight is 349 g/mol. The zero-order valence-corrected chi connectivity index (χ0v) is 15.6. The number of nitrogens with zero attached hydrogens (tertiary/aromatic N) is 2. The summed E-state index contributed by atoms with van der Waals surface area (Å²) in [5.74, 6) is 0.325. The molecule has 5 heteroatoms. The van der Waals surface area contributed by atoms with E-state index in [2.05, 4.69) is 47.5 Å². The topological polar surface area (TPSA) is 68.0 Å². The van der Waals surface area contributed by atoms with Crippen LogP contribution in [0.25, 0.3) is 11.1 Å². The number of carbonyl (C=O) groups excluding carboxylic acids is 1. The van der Waals surface area contributed by atoms with Gasteiger partial charge in [0.15, 0.2) is 0 Å². The molecule has 1 aromatic carbocycles. The number of aryl methyl sites for hydroxylation is 3. The normalized spacial score (nSPS) is 15.2. The highest BCUT2D eigenvalue weighted by Gasteiger charge is 2.29. The molecule has 0 saturated heterocycles. The maximum absolute atomic E-state index is 13.1. The Labute approximate surface area is 152 Å². The summed E-state index contributed by atoms with van der Waals surface area (Å²) in [6, 6.07) is 8.12. The Morgan fingerprint density at radius 3 is 2.69 bits per heavy atom. The van der Waals surface area contributed by atoms with Crippen molar-refractivity contribution in [1.29, 1.82) is 0 Å². The van der Waals surface area contributed by atoms with Crippen molar-refractivity contribution in [2.75, 3.05) is 0 Å². The van der Waals surface area contributed by atoms with Crippen molar-refractivity contribution in [2.24, 2.45) is 0 Å². The maximum Gasteiger partial charge on any atom is 0.259 e. The molecule has 3 aromatic rings. The molecule has 1 fully saturated rings. The molecule has 26 heavy (non-hydrogen) atoms. The lowest BCUT2D eigenvalue weighted by Crippen LogP contribution is -2.27. The number of hydrogen-bond acceptors (Lipinski definition) is 4. The van der Waals surface area contributed by atoms with Gasteiger partial charge in [-0.15, -0.1) is 0 Å². The Bertz CT molecular complexity index is 1000. The molecular formula is C21H23N3O2. The number of amides is 1. The van der Waals surface area contributed by atoms with E-state index in [1.165, 1.54) is 11.1 Å². The van der Waals surface area contributed by atoms with Gasteiger partial charge in [-0.25, -0.2) is 4.98 Å². The van der Waals surface area contributed by atoms with E-state index in [0.29, 0.717) is 28.3 Å². The second-order valence-corrected chi connectivity index (χ2v) is 7.37. The lowest BCUT2D eigenvalue weighted by atomic mass is 9.99. The fourth-order valence-corrected chi connectivity index (χ4v) is 3.54. The largest absolute Gasteiger partial charge is 0.345 e. The van der Waals surface area contributed by atoms with Gasteiger partial charge in [-0.2, -0.15) is 0 Å². The SMILES string of the molecule is Cc1ccc(C(C)NC(=O)c2cc(C3CC3)nc3onc(C)c23)c(C)c1. The molecule has 1 aliphatic rings. The highest BCUT2D eigenvalue weighted by Crippen LogP contribution is 2.40. The minimum Gasteiger partial charge on any atom is -0.345 e. The minimum absolute atomic E-state index is 0.0872. The molecule has 1 N–H and O–H groups in total. The van der Waals surface area contributed by atoms with Crippen LogP contribution in [-0.2, 0) is 0 Å². The zero-order chi connectivity index (χ0) is 18.4. The number of hydrogen-bond donors (Lipinski definition) is 1. The van der Waals surface area contributed by atoms with Gasteiger partial charge in [0.25, 0.3) is 11.6 Å². The van der Waals surface area contributed by atoms with Crippen LogP contribution >= 0.6 is 0 Å². The maximum atomic E-state index is 13.1. The molecule has 5 nitrogen and oxygen atoms in total. The molecular weight excluding hydrogens is 326 g/mol. The van der Waals surface area contributed by atoms with Gasteiger partial charge in [0.2, 0.25) is 0 Å². The summed E-state index contributed by atoms with van der Waals surface area (Å²) < 4.78 is 5.34. The molecule has 1 amide bonds. The van der Waals surface area contributed by atoms with E-state index in [9.17, 15) is 4.79 Å². The van der Waals surface area contributed by atoms with Crippen LogP contribution < -0.4 is 5.32 Å². The Kier molecular flexibility index (Phi) is 4.02. The van der Waals surface area contributed by atoms with Gasteiger partial charge in [0, 0.05) is 11.6 Å². The third-order valence-corrected chi connectivity index (χ3v) is 5.12. The van der Waals surface area contributed by atoms with Crippen LogP contribution in [0.5, 0.6) is 0 Å². The van der Waals surface area contributed by atoms with Crippen molar-refractivity contribution in [1.82, 2.24) is 15.5 Å². The zero-order valence-electron chi connectivity index (χ0n) is 15.6. The van der Waals surface area contributed by atoms with Crippen molar-refractivity contribution in [3.63, 3.8) is 0 Å². The molecule has 2 heterocycles. The van der Waals surface area contributed by atoms with Gasteiger partial charge in [0.05, 0.1) is 22.7 Å². The fraction of sp³-hybridized carbons (Fsp3) is 0.381. The monoisotopic (exact) mass is 349 g/mol. The number of carbonyl (C=O) groups is 1. The summed E-state index contributed by atoms with van der Waals surface area (Å²) in [7, 11) is 0. The van der Waals surface area contributed by atoms with E-state index in [-0.39, 0.29) is 11.9 Å². The highest BCUT2D eigenvalue weighted by atomic mass is 16.5. The van der Waals surface area contributed by atoms with E-state index < -0.39 is 0 Å². The average Bonchev–Trinajstić information content (AvgIpc) is 3.38. The first-order valence-corrected chi connectivity index (χ1v) is 9.09. The van der Waals surface area contributed by atoms with E-state index in [0.717, 1.165) is 24.1 Å². The van der Waals surface area contributed by atoms with Crippen LogP contribution in [-0.4, -0.2) is 16.0 Å². The van der Waals surface area contributed by atoms with Crippen molar-refractivity contribution in [2.45, 2.75) is 52.5 Å². The van der Waals surface area contributed by atoms with Crippen LogP contribution in [0.15, 0.2) is 28.8 Å². The fourth-order valence-electron chi connectivity index (χ4n) is 3.54. The molecule has 1 unspecified atom stereocenters. The summed E-state index contributed by atoms with van der Waals surface area (Å²) in [4.78, 5) is 17.6. The molecule has 4 rings (SSSR count). The van der Waals surface area contributed by atoms with Crippen LogP contribution in [0.4, 0.5) is 0 Å². The molecule has 1 aliphatic carbocycles. The second kappa shape index (κ2) is 6.24. The summed E-state index contributed by atoms with van der Waals surface area (Å²) in [6.45, 7) is 8.00. The second-order valence-electron chi connectivity index (χ2n) is 7.37. The first-order chi connectivity index (χ1) is 12.4. The van der Waals surface area contributed by atoms with Gasteiger partial charge >= 0.3 is 0 Å². The number of pyridine rings is 1. The number of rotatable bonds is 4. The van der Waals surface area contributed by atoms with E-state index in [1.807, 2.05) is 19.9 Å². The third-order valence-electron chi connectivity index (χ3n) is 5.12. The molecule has 0 aliphatic heterocycles.